The lowest BCUT2D eigenvalue weighted by Gasteiger charge is -2.22. The van der Waals surface area contributed by atoms with Gasteiger partial charge in [-0.05, 0) is 32.3 Å². The first-order chi connectivity index (χ1) is 11.0. The molecule has 1 aromatic carbocycles. The number of carbonyl (C=O) groups excluding carboxylic acids is 1. The average molecular weight is 318 g/mol. The summed E-state index contributed by atoms with van der Waals surface area (Å²) in [5, 5.41) is 16.1. The van der Waals surface area contributed by atoms with Gasteiger partial charge in [0.25, 0.3) is 5.69 Å². The lowest BCUT2D eigenvalue weighted by molar-refractivity contribution is -0.383. The molecule has 23 heavy (non-hydrogen) atoms. The molecule has 0 unspecified atom stereocenters. The van der Waals surface area contributed by atoms with Crippen LogP contribution in [0.4, 0.5) is 16.2 Å². The fourth-order valence-corrected chi connectivity index (χ4v) is 2.11. The molecule has 0 radical (unpaired) electrons. The van der Waals surface area contributed by atoms with Crippen LogP contribution < -0.4 is 10.6 Å². The predicted octanol–water partition coefficient (Wildman–Crippen LogP) is 2.61. The van der Waals surface area contributed by atoms with E-state index in [9.17, 15) is 14.9 Å². The quantitative estimate of drug-likeness (QED) is 0.630. The number of carbonyl (C=O) groups is 1. The van der Waals surface area contributed by atoms with Crippen LogP contribution in [0.25, 0.3) is 0 Å². The van der Waals surface area contributed by atoms with Gasteiger partial charge in [-0.1, -0.05) is 12.1 Å². The maximum Gasteiger partial charge on any atom is 0.319 e. The minimum atomic E-state index is -0.541. The van der Waals surface area contributed by atoms with E-state index in [4.69, 9.17) is 4.42 Å². The van der Waals surface area contributed by atoms with Crippen LogP contribution in [0.3, 0.4) is 0 Å². The van der Waals surface area contributed by atoms with Gasteiger partial charge >= 0.3 is 6.03 Å². The van der Waals surface area contributed by atoms with Gasteiger partial charge in [-0.2, -0.15) is 0 Å². The summed E-state index contributed by atoms with van der Waals surface area (Å²) in [6.07, 6.45) is 1.57. The van der Waals surface area contributed by atoms with Crippen molar-refractivity contribution < 1.29 is 14.1 Å². The number of nitro groups is 1. The molecule has 1 heterocycles. The molecule has 8 nitrogen and oxygen atoms in total. The van der Waals surface area contributed by atoms with Crippen LogP contribution in [0.1, 0.15) is 11.8 Å². The molecule has 0 aliphatic heterocycles. The summed E-state index contributed by atoms with van der Waals surface area (Å²) in [5.41, 5.74) is -0.00718. The first kappa shape index (κ1) is 16.5. The second kappa shape index (κ2) is 7.41. The zero-order valence-electron chi connectivity index (χ0n) is 12.9. The summed E-state index contributed by atoms with van der Waals surface area (Å²) in [4.78, 5) is 24.3. The van der Waals surface area contributed by atoms with Gasteiger partial charge in [0.2, 0.25) is 0 Å². The molecule has 0 bridgehead atoms. The highest BCUT2D eigenvalue weighted by atomic mass is 16.6. The molecule has 2 rings (SSSR count). The maximum absolute atomic E-state index is 12.0. The van der Waals surface area contributed by atoms with Crippen molar-refractivity contribution >= 4 is 17.4 Å². The second-order valence-electron chi connectivity index (χ2n) is 5.10. The van der Waals surface area contributed by atoms with Crippen molar-refractivity contribution in [3.8, 4) is 0 Å². The van der Waals surface area contributed by atoms with E-state index in [-0.39, 0.29) is 17.4 Å². The lowest BCUT2D eigenvalue weighted by atomic mass is 10.2. The Labute approximate surface area is 133 Å². The molecule has 2 amide bonds. The Kier molecular flexibility index (Phi) is 5.32. The van der Waals surface area contributed by atoms with Crippen LogP contribution in [-0.4, -0.2) is 36.5 Å². The average Bonchev–Trinajstić information content (AvgIpc) is 3.01. The molecular weight excluding hydrogens is 300 g/mol. The summed E-state index contributed by atoms with van der Waals surface area (Å²) in [5.74, 6) is 0.723. The number of urea groups is 1. The zero-order valence-corrected chi connectivity index (χ0v) is 12.9. The molecule has 122 valence electrons. The molecule has 0 fully saturated rings. The van der Waals surface area contributed by atoms with Crippen LogP contribution in [0.15, 0.2) is 47.1 Å². The summed E-state index contributed by atoms with van der Waals surface area (Å²) in [6.45, 7) is 0.299. The van der Waals surface area contributed by atoms with Gasteiger partial charge < -0.3 is 15.1 Å². The topological polar surface area (TPSA) is 101 Å². The van der Waals surface area contributed by atoms with E-state index in [0.717, 1.165) is 5.76 Å². The van der Waals surface area contributed by atoms with Gasteiger partial charge in [-0.3, -0.25) is 15.0 Å². The number of hydrogen-bond acceptors (Lipinski definition) is 5. The molecule has 8 heteroatoms. The van der Waals surface area contributed by atoms with Crippen LogP contribution in [0.2, 0.25) is 0 Å². The highest BCUT2D eigenvalue weighted by Crippen LogP contribution is 2.23. The molecule has 1 atom stereocenters. The van der Waals surface area contributed by atoms with Crippen molar-refractivity contribution in [2.24, 2.45) is 0 Å². The Balaban J connectivity index is 1.99. The number of para-hydroxylation sites is 2. The number of anilines is 1. The standard InChI is InChI=1S/C15H18N4O4/c1-18(2)13(14-8-5-9-23-14)10-16-15(20)17-11-6-3-4-7-12(11)19(21)22/h3-9,13H,10H2,1-2H3,(H2,16,17,20)/t13-/m1/s1. The molecule has 2 N–H and O–H groups in total. The fraction of sp³-hybridized carbons (Fsp3) is 0.267. The van der Waals surface area contributed by atoms with Crippen molar-refractivity contribution in [3.63, 3.8) is 0 Å². The monoisotopic (exact) mass is 318 g/mol. The van der Waals surface area contributed by atoms with E-state index < -0.39 is 11.0 Å². The number of nitrogens with one attached hydrogen (secondary N) is 2. The summed E-state index contributed by atoms with van der Waals surface area (Å²) >= 11 is 0. The van der Waals surface area contributed by atoms with Crippen molar-refractivity contribution in [1.29, 1.82) is 0 Å². The smallest absolute Gasteiger partial charge is 0.319 e. The minimum absolute atomic E-state index is 0.137. The first-order valence-electron chi connectivity index (χ1n) is 6.97. The van der Waals surface area contributed by atoms with Gasteiger partial charge in [0, 0.05) is 12.6 Å². The normalized spacial score (nSPS) is 12.0. The van der Waals surface area contributed by atoms with Gasteiger partial charge in [-0.25, -0.2) is 4.79 Å². The van der Waals surface area contributed by atoms with E-state index in [1.807, 2.05) is 25.1 Å². The van der Waals surface area contributed by atoms with Crippen molar-refractivity contribution in [2.75, 3.05) is 26.0 Å². The summed E-state index contributed by atoms with van der Waals surface area (Å²) < 4.78 is 5.36. The molecule has 0 saturated heterocycles. The number of benzene rings is 1. The predicted molar refractivity (Wildman–Crippen MR) is 85.3 cm³/mol. The van der Waals surface area contributed by atoms with E-state index in [1.165, 1.54) is 12.1 Å². The van der Waals surface area contributed by atoms with Crippen LogP contribution in [0.5, 0.6) is 0 Å². The van der Waals surface area contributed by atoms with E-state index in [1.54, 1.807) is 24.5 Å². The molecule has 0 aliphatic rings. The molecule has 2 aromatic rings. The summed E-state index contributed by atoms with van der Waals surface area (Å²) in [7, 11) is 3.74. The molecular formula is C15H18N4O4. The minimum Gasteiger partial charge on any atom is -0.468 e. The van der Waals surface area contributed by atoms with Crippen molar-refractivity contribution in [2.45, 2.75) is 6.04 Å². The Morgan fingerprint density at radius 2 is 2.04 bits per heavy atom. The van der Waals surface area contributed by atoms with Gasteiger partial charge in [-0.15, -0.1) is 0 Å². The first-order valence-corrected chi connectivity index (χ1v) is 6.97. The Morgan fingerprint density at radius 1 is 1.30 bits per heavy atom. The Morgan fingerprint density at radius 3 is 2.65 bits per heavy atom. The largest absolute Gasteiger partial charge is 0.468 e. The van der Waals surface area contributed by atoms with Gasteiger partial charge in [0.05, 0.1) is 17.2 Å². The number of hydrogen-bond donors (Lipinski definition) is 2. The number of rotatable bonds is 6. The number of nitro benzene ring substituents is 1. The highest BCUT2D eigenvalue weighted by molar-refractivity contribution is 5.91. The third-order valence-corrected chi connectivity index (χ3v) is 3.30. The third-order valence-electron chi connectivity index (χ3n) is 3.30. The Hall–Kier alpha value is -2.87. The van der Waals surface area contributed by atoms with Crippen LogP contribution in [-0.2, 0) is 0 Å². The van der Waals surface area contributed by atoms with Gasteiger partial charge in [0.15, 0.2) is 0 Å². The lowest BCUT2D eigenvalue weighted by Crippen LogP contribution is -2.36. The molecule has 0 aliphatic carbocycles. The van der Waals surface area contributed by atoms with Crippen LogP contribution in [0, 0.1) is 10.1 Å². The highest BCUT2D eigenvalue weighted by Gasteiger charge is 2.19. The van der Waals surface area contributed by atoms with E-state index in [2.05, 4.69) is 10.6 Å². The number of nitrogens with zero attached hydrogens (tertiary/aromatic N) is 2. The maximum atomic E-state index is 12.0. The second-order valence-corrected chi connectivity index (χ2v) is 5.10. The number of furan rings is 1. The third kappa shape index (κ3) is 4.30. The van der Waals surface area contributed by atoms with Crippen LogP contribution >= 0.6 is 0 Å². The number of amides is 2. The van der Waals surface area contributed by atoms with Crippen molar-refractivity contribution in [3.05, 3.63) is 58.5 Å². The van der Waals surface area contributed by atoms with E-state index >= 15 is 0 Å². The zero-order chi connectivity index (χ0) is 16.8. The number of likely N-dealkylation sites (N-methyl/N-ethyl adjacent to an activating group) is 1. The SMILES string of the molecule is CN(C)[C@H](CNC(=O)Nc1ccccc1[N+](=O)[O-])c1ccco1. The molecule has 1 aromatic heterocycles. The summed E-state index contributed by atoms with van der Waals surface area (Å²) in [6, 6.07) is 8.92. The molecule has 0 spiro atoms. The van der Waals surface area contributed by atoms with Crippen molar-refractivity contribution in [1.82, 2.24) is 10.2 Å². The van der Waals surface area contributed by atoms with Gasteiger partial charge in [0.1, 0.15) is 11.4 Å². The van der Waals surface area contributed by atoms with E-state index in [0.29, 0.717) is 6.54 Å². The Bertz CT molecular complexity index is 670. The fourth-order valence-electron chi connectivity index (χ4n) is 2.11. The molecule has 0 saturated carbocycles.